The van der Waals surface area contributed by atoms with Crippen LogP contribution in [0.2, 0.25) is 0 Å². The van der Waals surface area contributed by atoms with Gasteiger partial charge in [0.1, 0.15) is 12.0 Å². The minimum absolute atomic E-state index is 0.0629. The standard InChI is InChI=1S/C18H12F6O2/c1-26-16-7-11(4-13(8-16)10-25)2-3-12-5-14(17(19,20)21)9-15(6-12)18(22,23)24/h2-10H,1H3/b3-2+. The highest BCUT2D eigenvalue weighted by Crippen LogP contribution is 2.36. The molecule has 0 aliphatic carbocycles. The zero-order valence-electron chi connectivity index (χ0n) is 13.3. The van der Waals surface area contributed by atoms with Crippen LogP contribution in [-0.4, -0.2) is 13.4 Å². The normalized spacial score (nSPS) is 12.4. The first-order chi connectivity index (χ1) is 12.0. The summed E-state index contributed by atoms with van der Waals surface area (Å²) >= 11 is 0. The molecule has 26 heavy (non-hydrogen) atoms. The van der Waals surface area contributed by atoms with Crippen molar-refractivity contribution in [1.29, 1.82) is 0 Å². The minimum atomic E-state index is -4.91. The van der Waals surface area contributed by atoms with Gasteiger partial charge >= 0.3 is 12.4 Å². The van der Waals surface area contributed by atoms with Crippen molar-refractivity contribution in [1.82, 2.24) is 0 Å². The number of methoxy groups -OCH3 is 1. The van der Waals surface area contributed by atoms with E-state index in [1.165, 1.54) is 31.4 Å². The van der Waals surface area contributed by atoms with Gasteiger partial charge in [0.25, 0.3) is 0 Å². The number of hydrogen-bond acceptors (Lipinski definition) is 2. The second-order valence-electron chi connectivity index (χ2n) is 5.33. The molecule has 0 saturated carbocycles. The summed E-state index contributed by atoms with van der Waals surface area (Å²) in [7, 11) is 1.36. The fourth-order valence-corrected chi connectivity index (χ4v) is 2.20. The first-order valence-corrected chi connectivity index (χ1v) is 7.15. The van der Waals surface area contributed by atoms with Crippen LogP contribution in [0.5, 0.6) is 5.75 Å². The number of benzene rings is 2. The van der Waals surface area contributed by atoms with Gasteiger partial charge in [-0.15, -0.1) is 0 Å². The average Bonchev–Trinajstić information content (AvgIpc) is 2.57. The summed E-state index contributed by atoms with van der Waals surface area (Å²) in [6, 6.07) is 5.65. The Labute approximate surface area is 144 Å². The molecule has 2 aromatic rings. The van der Waals surface area contributed by atoms with Crippen molar-refractivity contribution >= 4 is 18.4 Å². The molecule has 0 N–H and O–H groups in total. The van der Waals surface area contributed by atoms with Crippen LogP contribution in [0.15, 0.2) is 36.4 Å². The molecule has 8 heteroatoms. The summed E-state index contributed by atoms with van der Waals surface area (Å²) in [6.07, 6.45) is -6.88. The van der Waals surface area contributed by atoms with Gasteiger partial charge < -0.3 is 4.74 Å². The Morgan fingerprint density at radius 3 is 1.62 bits per heavy atom. The number of aldehydes is 1. The lowest BCUT2D eigenvalue weighted by Gasteiger charge is -2.13. The van der Waals surface area contributed by atoms with E-state index in [1.54, 1.807) is 0 Å². The van der Waals surface area contributed by atoms with Crippen LogP contribution in [0.4, 0.5) is 26.3 Å². The predicted octanol–water partition coefficient (Wildman–Crippen LogP) is 5.72. The van der Waals surface area contributed by atoms with Crippen LogP contribution < -0.4 is 4.74 Å². The molecule has 2 aromatic carbocycles. The van der Waals surface area contributed by atoms with Gasteiger partial charge in [-0.25, -0.2) is 0 Å². The Balaban J connectivity index is 2.48. The third kappa shape index (κ3) is 4.87. The van der Waals surface area contributed by atoms with Gasteiger partial charge in [-0.3, -0.25) is 4.79 Å². The van der Waals surface area contributed by atoms with Crippen molar-refractivity contribution in [3.63, 3.8) is 0 Å². The van der Waals surface area contributed by atoms with Gasteiger partial charge in [-0.2, -0.15) is 26.3 Å². The fraction of sp³-hybridized carbons (Fsp3) is 0.167. The summed E-state index contributed by atoms with van der Waals surface area (Å²) < 4.78 is 82.1. The number of carbonyl (C=O) groups excluding carboxylic acids is 1. The number of alkyl halides is 6. The number of halogens is 6. The molecule has 0 unspecified atom stereocenters. The molecule has 0 fully saturated rings. The Kier molecular flexibility index (Phi) is 5.44. The van der Waals surface area contributed by atoms with Crippen LogP contribution in [-0.2, 0) is 12.4 Å². The largest absolute Gasteiger partial charge is 0.497 e. The molecule has 0 saturated heterocycles. The smallest absolute Gasteiger partial charge is 0.416 e. The molecule has 0 heterocycles. The van der Waals surface area contributed by atoms with Crippen LogP contribution in [0.3, 0.4) is 0 Å². The third-order valence-corrected chi connectivity index (χ3v) is 3.40. The first-order valence-electron chi connectivity index (χ1n) is 7.15. The van der Waals surface area contributed by atoms with Crippen molar-refractivity contribution in [2.24, 2.45) is 0 Å². The Morgan fingerprint density at radius 2 is 1.19 bits per heavy atom. The van der Waals surface area contributed by atoms with Gasteiger partial charge in [0.15, 0.2) is 0 Å². The zero-order valence-corrected chi connectivity index (χ0v) is 13.3. The second-order valence-corrected chi connectivity index (χ2v) is 5.33. The molecule has 0 aromatic heterocycles. The zero-order chi connectivity index (χ0) is 19.5. The van der Waals surface area contributed by atoms with Crippen molar-refractivity contribution in [2.75, 3.05) is 7.11 Å². The van der Waals surface area contributed by atoms with E-state index in [9.17, 15) is 31.1 Å². The van der Waals surface area contributed by atoms with Crippen LogP contribution in [0, 0.1) is 0 Å². The molecule has 0 atom stereocenters. The van der Waals surface area contributed by atoms with E-state index < -0.39 is 23.5 Å². The Morgan fingerprint density at radius 1 is 0.731 bits per heavy atom. The van der Waals surface area contributed by atoms with Gasteiger partial charge in [0, 0.05) is 5.56 Å². The summed E-state index contributed by atoms with van der Waals surface area (Å²) in [5, 5.41) is 0. The maximum atomic E-state index is 12.8. The van der Waals surface area contributed by atoms with Crippen LogP contribution >= 0.6 is 0 Å². The summed E-state index contributed by atoms with van der Waals surface area (Å²) in [4.78, 5) is 10.9. The molecule has 0 spiro atoms. The monoisotopic (exact) mass is 374 g/mol. The summed E-state index contributed by atoms with van der Waals surface area (Å²) in [6.45, 7) is 0. The van der Waals surface area contributed by atoms with E-state index >= 15 is 0 Å². The van der Waals surface area contributed by atoms with E-state index in [1.807, 2.05) is 0 Å². The van der Waals surface area contributed by atoms with E-state index in [2.05, 4.69) is 0 Å². The van der Waals surface area contributed by atoms with E-state index in [0.717, 1.165) is 6.08 Å². The molecule has 0 aliphatic rings. The summed E-state index contributed by atoms with van der Waals surface area (Å²) in [5.74, 6) is 0.328. The molecular formula is C18H12F6O2. The lowest BCUT2D eigenvalue weighted by atomic mass is 10.0. The number of carbonyl (C=O) groups is 1. The van der Waals surface area contributed by atoms with Crippen molar-refractivity contribution in [3.05, 3.63) is 64.2 Å². The van der Waals surface area contributed by atoms with Crippen molar-refractivity contribution in [2.45, 2.75) is 12.4 Å². The average molecular weight is 374 g/mol. The van der Waals surface area contributed by atoms with Gasteiger partial charge in [0.2, 0.25) is 0 Å². The Hall–Kier alpha value is -2.77. The number of rotatable bonds is 4. The topological polar surface area (TPSA) is 26.3 Å². The molecule has 2 nitrogen and oxygen atoms in total. The molecule has 2 rings (SSSR count). The molecular weight excluding hydrogens is 362 g/mol. The van der Waals surface area contributed by atoms with E-state index in [0.29, 0.717) is 29.7 Å². The second kappa shape index (κ2) is 7.23. The quantitative estimate of drug-likeness (QED) is 0.389. The highest BCUT2D eigenvalue weighted by Gasteiger charge is 2.36. The molecule has 138 valence electrons. The third-order valence-electron chi connectivity index (χ3n) is 3.40. The minimum Gasteiger partial charge on any atom is -0.497 e. The van der Waals surface area contributed by atoms with E-state index in [-0.39, 0.29) is 17.2 Å². The lowest BCUT2D eigenvalue weighted by molar-refractivity contribution is -0.143. The SMILES string of the molecule is COc1cc(C=O)cc(/C=C/c2cc(C(F)(F)F)cc(C(F)(F)F)c2)c1. The van der Waals surface area contributed by atoms with Crippen LogP contribution in [0.25, 0.3) is 12.2 Å². The number of ether oxygens (including phenoxy) is 1. The predicted molar refractivity (Wildman–Crippen MR) is 83.8 cm³/mol. The van der Waals surface area contributed by atoms with Gasteiger partial charge in [0.05, 0.1) is 18.2 Å². The van der Waals surface area contributed by atoms with Crippen molar-refractivity contribution in [3.8, 4) is 5.75 Å². The Bertz CT molecular complexity index is 802. The summed E-state index contributed by atoms with van der Waals surface area (Å²) in [5.41, 5.74) is -2.43. The van der Waals surface area contributed by atoms with E-state index in [4.69, 9.17) is 4.74 Å². The molecule has 0 bridgehead atoms. The first kappa shape index (κ1) is 19.6. The maximum absolute atomic E-state index is 12.8. The molecule has 0 amide bonds. The van der Waals surface area contributed by atoms with Gasteiger partial charge in [-0.05, 0) is 47.5 Å². The van der Waals surface area contributed by atoms with Crippen LogP contribution in [0.1, 0.15) is 32.6 Å². The lowest BCUT2D eigenvalue weighted by Crippen LogP contribution is -2.11. The van der Waals surface area contributed by atoms with Crippen molar-refractivity contribution < 1.29 is 35.9 Å². The maximum Gasteiger partial charge on any atom is 0.416 e. The molecule has 0 radical (unpaired) electrons. The number of hydrogen-bond donors (Lipinski definition) is 0. The van der Waals surface area contributed by atoms with Gasteiger partial charge in [-0.1, -0.05) is 12.2 Å². The molecule has 0 aliphatic heterocycles. The fourth-order valence-electron chi connectivity index (χ4n) is 2.20. The highest BCUT2D eigenvalue weighted by atomic mass is 19.4. The highest BCUT2D eigenvalue weighted by molar-refractivity contribution is 5.79.